The maximum Gasteiger partial charge on any atom is 0.206 e. The maximum absolute atomic E-state index is 13.5. The molecule has 0 saturated heterocycles. The molecule has 0 bridgehead atoms. The van der Waals surface area contributed by atoms with Crippen LogP contribution in [0.1, 0.15) is 0 Å². The predicted molar refractivity (Wildman–Crippen MR) is 165 cm³/mol. The van der Waals surface area contributed by atoms with E-state index in [0.29, 0.717) is 43.1 Å². The molecule has 10 heteroatoms. The van der Waals surface area contributed by atoms with Crippen molar-refractivity contribution in [2.45, 2.75) is 19.6 Å². The Labute approximate surface area is 251 Å². The molecular weight excluding hydrogens is 593 g/mol. The van der Waals surface area contributed by atoms with E-state index in [1.807, 2.05) is 24.5 Å². The Morgan fingerprint density at radius 2 is 0.795 bits per heavy atom. The van der Waals surface area contributed by atoms with Gasteiger partial charge in [-0.1, -0.05) is 60.7 Å². The van der Waals surface area contributed by atoms with Crippen molar-refractivity contribution in [3.05, 3.63) is 120 Å². The number of hydrogen-bond donors (Lipinski definition) is 0. The molecular formula is C34H18N4O4S2. The molecule has 0 aromatic heterocycles. The summed E-state index contributed by atoms with van der Waals surface area (Å²) in [5, 5.41) is 24.6. The van der Waals surface area contributed by atoms with Crippen LogP contribution in [0.5, 0.6) is 0 Å². The molecule has 0 N–H and O–H groups in total. The first-order chi connectivity index (χ1) is 21.3. The Morgan fingerprint density at radius 3 is 1.16 bits per heavy atom. The van der Waals surface area contributed by atoms with Crippen LogP contribution in [0.15, 0.2) is 139 Å². The lowest BCUT2D eigenvalue weighted by atomic mass is 10.1. The molecule has 0 amide bonds. The van der Waals surface area contributed by atoms with Crippen LogP contribution in [0.3, 0.4) is 0 Å². The van der Waals surface area contributed by atoms with Gasteiger partial charge in [-0.05, 0) is 70.1 Å². The summed E-state index contributed by atoms with van der Waals surface area (Å²) in [6, 6.07) is 29.2. The fourth-order valence-corrected chi connectivity index (χ4v) is 8.47. The summed E-state index contributed by atoms with van der Waals surface area (Å²) >= 11 is 0. The molecule has 0 aliphatic carbocycles. The van der Waals surface area contributed by atoms with E-state index in [9.17, 15) is 27.4 Å². The van der Waals surface area contributed by atoms with Gasteiger partial charge in [0, 0.05) is 21.5 Å². The molecule has 0 aliphatic heterocycles. The first-order valence-electron chi connectivity index (χ1n) is 13.3. The Hall–Kier alpha value is -5.68. The van der Waals surface area contributed by atoms with E-state index in [-0.39, 0.29) is 30.3 Å². The molecule has 0 fully saturated rings. The van der Waals surface area contributed by atoms with Crippen LogP contribution in [-0.4, -0.2) is 16.8 Å². The highest BCUT2D eigenvalue weighted by Crippen LogP contribution is 2.36. The van der Waals surface area contributed by atoms with Crippen LogP contribution in [0, 0.1) is 22.9 Å². The highest BCUT2D eigenvalue weighted by Gasteiger charge is 2.23. The lowest BCUT2D eigenvalue weighted by Gasteiger charge is -2.05. The molecule has 0 heterocycles. The van der Waals surface area contributed by atoms with Crippen LogP contribution in [0.25, 0.3) is 43.1 Å². The molecule has 0 spiro atoms. The Kier molecular flexibility index (Phi) is 6.15. The maximum atomic E-state index is 13.5. The quantitative estimate of drug-likeness (QED) is 0.238. The van der Waals surface area contributed by atoms with E-state index in [1.54, 1.807) is 48.5 Å². The molecule has 8 nitrogen and oxygen atoms in total. The van der Waals surface area contributed by atoms with Crippen molar-refractivity contribution in [1.82, 2.24) is 0 Å². The number of nitriles is 2. The Bertz CT molecular complexity index is 2560. The van der Waals surface area contributed by atoms with E-state index >= 15 is 0 Å². The van der Waals surface area contributed by atoms with E-state index in [0.717, 1.165) is 0 Å². The van der Waals surface area contributed by atoms with Gasteiger partial charge in [-0.15, -0.1) is 0 Å². The van der Waals surface area contributed by atoms with Crippen molar-refractivity contribution in [3.8, 4) is 12.4 Å². The van der Waals surface area contributed by atoms with Crippen LogP contribution < -0.4 is 10.7 Å². The van der Waals surface area contributed by atoms with Gasteiger partial charge in [-0.2, -0.15) is 20.5 Å². The molecule has 0 atom stereocenters. The summed E-state index contributed by atoms with van der Waals surface area (Å²) in [7, 11) is -7.73. The molecule has 7 rings (SSSR count). The standard InChI is InChI=1S/C34H18N4O4S2/c35-19-37-33-29-17-23(43(39,40)21-7-3-1-4-8-21)11-13-25(29)27-15-16-28-26-14-12-24(44(41,42)22-9-5-2-6-10-22)18-30(26)34(38-20-36)32(28)31(27)33/h1-18H/b37-33+,38-34+. The molecule has 0 saturated carbocycles. The van der Waals surface area contributed by atoms with Gasteiger partial charge in [-0.3, -0.25) is 0 Å². The molecule has 0 unspecified atom stereocenters. The second-order valence-corrected chi connectivity index (χ2v) is 14.0. The first kappa shape index (κ1) is 27.2. The highest BCUT2D eigenvalue weighted by molar-refractivity contribution is 7.91. The summed E-state index contributed by atoms with van der Waals surface area (Å²) in [6.45, 7) is 0. The fourth-order valence-electron chi connectivity index (χ4n) is 5.86. The van der Waals surface area contributed by atoms with Gasteiger partial charge in [0.1, 0.15) is 0 Å². The van der Waals surface area contributed by atoms with E-state index in [1.165, 1.54) is 48.5 Å². The average molecular weight is 611 g/mol. The minimum atomic E-state index is -3.86. The monoisotopic (exact) mass is 610 g/mol. The van der Waals surface area contributed by atoms with Gasteiger partial charge in [0.2, 0.25) is 32.1 Å². The van der Waals surface area contributed by atoms with Crippen molar-refractivity contribution in [2.75, 3.05) is 0 Å². The van der Waals surface area contributed by atoms with Crippen LogP contribution >= 0.6 is 0 Å². The summed E-state index contributed by atoms with van der Waals surface area (Å²) in [5.41, 5.74) is 0. The zero-order valence-electron chi connectivity index (χ0n) is 22.6. The zero-order chi connectivity index (χ0) is 30.6. The summed E-state index contributed by atoms with van der Waals surface area (Å²) in [6.07, 6.45) is 3.68. The number of sulfone groups is 2. The van der Waals surface area contributed by atoms with Gasteiger partial charge in [-0.25, -0.2) is 16.8 Å². The Balaban J connectivity index is 1.59. The zero-order valence-corrected chi connectivity index (χ0v) is 24.3. The van der Waals surface area contributed by atoms with Crippen LogP contribution in [-0.2, 0) is 19.7 Å². The van der Waals surface area contributed by atoms with E-state index < -0.39 is 19.7 Å². The van der Waals surface area contributed by atoms with Crippen molar-refractivity contribution < 1.29 is 16.8 Å². The predicted octanol–water partition coefficient (Wildman–Crippen LogP) is 5.60. The summed E-state index contributed by atoms with van der Waals surface area (Å²) in [5.74, 6) is 0. The minimum Gasteiger partial charge on any atom is -0.219 e. The summed E-state index contributed by atoms with van der Waals surface area (Å²) < 4.78 is 53.8. The van der Waals surface area contributed by atoms with Crippen molar-refractivity contribution in [2.24, 2.45) is 9.98 Å². The average Bonchev–Trinajstić information content (AvgIpc) is 3.54. The van der Waals surface area contributed by atoms with Gasteiger partial charge in [0.05, 0.1) is 30.3 Å². The second-order valence-electron chi connectivity index (χ2n) is 10.1. The van der Waals surface area contributed by atoms with Gasteiger partial charge in [0.15, 0.2) is 0 Å². The topological polar surface area (TPSA) is 141 Å². The van der Waals surface area contributed by atoms with E-state index in [2.05, 4.69) is 9.98 Å². The van der Waals surface area contributed by atoms with Gasteiger partial charge >= 0.3 is 0 Å². The highest BCUT2D eigenvalue weighted by atomic mass is 32.2. The SMILES string of the molecule is N#C/N=c1\c2cc(S(=O)(=O)c3ccccc3)ccc2c2ccc3c4ccc(S(=O)(=O)c5ccccc5)cc4/c(=N\C#N)c3c12. The first-order valence-corrected chi connectivity index (χ1v) is 16.2. The normalized spacial score (nSPS) is 13.1. The molecule has 0 aliphatic rings. The third-order valence-electron chi connectivity index (χ3n) is 7.80. The molecule has 7 aromatic rings. The molecule has 0 radical (unpaired) electrons. The van der Waals surface area contributed by atoms with Crippen molar-refractivity contribution in [3.63, 3.8) is 0 Å². The third-order valence-corrected chi connectivity index (χ3v) is 11.3. The van der Waals surface area contributed by atoms with Crippen LogP contribution in [0.2, 0.25) is 0 Å². The second kappa shape index (κ2) is 9.96. The van der Waals surface area contributed by atoms with Crippen molar-refractivity contribution >= 4 is 62.8 Å². The number of rotatable bonds is 4. The van der Waals surface area contributed by atoms with E-state index in [4.69, 9.17) is 0 Å². The lowest BCUT2D eigenvalue weighted by molar-refractivity contribution is 0.594. The van der Waals surface area contributed by atoms with Crippen molar-refractivity contribution in [1.29, 1.82) is 10.5 Å². The molecule has 210 valence electrons. The van der Waals surface area contributed by atoms with Crippen LogP contribution in [0.4, 0.5) is 0 Å². The Morgan fingerprint density at radius 1 is 0.432 bits per heavy atom. The third kappa shape index (κ3) is 3.93. The number of nitrogens with zero attached hydrogens (tertiary/aromatic N) is 4. The number of fused-ring (bicyclic) bond motifs is 7. The molecule has 44 heavy (non-hydrogen) atoms. The fraction of sp³-hybridized carbons (Fsp3) is 0. The van der Waals surface area contributed by atoms with Gasteiger partial charge < -0.3 is 0 Å². The minimum absolute atomic E-state index is 0.0440. The number of hydrogen-bond acceptors (Lipinski definition) is 8. The number of benzene rings is 5. The smallest absolute Gasteiger partial charge is 0.206 e. The lowest BCUT2D eigenvalue weighted by Crippen LogP contribution is -2.06. The molecule has 7 aromatic carbocycles. The largest absolute Gasteiger partial charge is 0.219 e. The van der Waals surface area contributed by atoms with Gasteiger partial charge in [0.25, 0.3) is 0 Å². The summed E-state index contributed by atoms with van der Waals surface area (Å²) in [4.78, 5) is 8.61.